The monoisotopic (exact) mass is 241 g/mol. The topological polar surface area (TPSA) is 77.2 Å². The molecule has 0 radical (unpaired) electrons. The SMILES string of the molecule is CCOCC(C)NC(=O)c1cc(F)cnc1N. The van der Waals surface area contributed by atoms with Gasteiger partial charge in [-0.1, -0.05) is 0 Å². The van der Waals surface area contributed by atoms with Crippen LogP contribution >= 0.6 is 0 Å². The molecule has 6 heteroatoms. The quantitative estimate of drug-likeness (QED) is 0.804. The Bertz CT molecular complexity index is 398. The molecule has 0 spiro atoms. The van der Waals surface area contributed by atoms with E-state index in [2.05, 4.69) is 10.3 Å². The van der Waals surface area contributed by atoms with E-state index in [0.717, 1.165) is 12.3 Å². The molecular weight excluding hydrogens is 225 g/mol. The van der Waals surface area contributed by atoms with E-state index in [-0.39, 0.29) is 17.4 Å². The predicted octanol–water partition coefficient (Wildman–Crippen LogP) is 0.958. The van der Waals surface area contributed by atoms with Crippen molar-refractivity contribution in [1.82, 2.24) is 10.3 Å². The van der Waals surface area contributed by atoms with Crippen LogP contribution in [0.1, 0.15) is 24.2 Å². The number of carbonyl (C=O) groups excluding carboxylic acids is 1. The lowest BCUT2D eigenvalue weighted by atomic mass is 10.2. The van der Waals surface area contributed by atoms with Gasteiger partial charge in [0.15, 0.2) is 0 Å². The molecule has 5 nitrogen and oxygen atoms in total. The lowest BCUT2D eigenvalue weighted by Gasteiger charge is -2.14. The molecule has 94 valence electrons. The van der Waals surface area contributed by atoms with Crippen molar-refractivity contribution in [3.63, 3.8) is 0 Å². The summed E-state index contributed by atoms with van der Waals surface area (Å²) >= 11 is 0. The molecule has 0 aliphatic heterocycles. The molecule has 3 N–H and O–H groups in total. The van der Waals surface area contributed by atoms with E-state index in [1.54, 1.807) is 6.92 Å². The van der Waals surface area contributed by atoms with Crippen LogP contribution in [0.25, 0.3) is 0 Å². The molecule has 0 aromatic carbocycles. The molecule has 1 amide bonds. The van der Waals surface area contributed by atoms with Gasteiger partial charge in [0.1, 0.15) is 11.6 Å². The van der Waals surface area contributed by atoms with Gasteiger partial charge < -0.3 is 15.8 Å². The Morgan fingerprint density at radius 2 is 2.41 bits per heavy atom. The highest BCUT2D eigenvalue weighted by Crippen LogP contribution is 2.09. The minimum absolute atomic E-state index is 0.00695. The zero-order chi connectivity index (χ0) is 12.8. The number of hydrogen-bond donors (Lipinski definition) is 2. The van der Waals surface area contributed by atoms with Gasteiger partial charge in [-0.25, -0.2) is 9.37 Å². The van der Waals surface area contributed by atoms with Crippen molar-refractivity contribution < 1.29 is 13.9 Å². The van der Waals surface area contributed by atoms with Gasteiger partial charge in [-0.2, -0.15) is 0 Å². The number of pyridine rings is 1. The molecule has 1 atom stereocenters. The standard InChI is InChI=1S/C11H16FN3O2/c1-3-17-6-7(2)15-11(16)9-4-8(12)5-14-10(9)13/h4-5,7H,3,6H2,1-2H3,(H2,13,14)(H,15,16). The molecular formula is C11H16FN3O2. The Morgan fingerprint density at radius 3 is 3.06 bits per heavy atom. The van der Waals surface area contributed by atoms with Crippen LogP contribution in [0.5, 0.6) is 0 Å². The summed E-state index contributed by atoms with van der Waals surface area (Å²) < 4.78 is 18.1. The Balaban J connectivity index is 2.66. The maximum atomic E-state index is 12.9. The Morgan fingerprint density at radius 1 is 1.71 bits per heavy atom. The van der Waals surface area contributed by atoms with E-state index >= 15 is 0 Å². The molecule has 1 aromatic rings. The zero-order valence-electron chi connectivity index (χ0n) is 9.87. The first-order valence-electron chi connectivity index (χ1n) is 5.34. The summed E-state index contributed by atoms with van der Waals surface area (Å²) in [5, 5.41) is 2.65. The molecule has 17 heavy (non-hydrogen) atoms. The minimum atomic E-state index is -0.596. The van der Waals surface area contributed by atoms with Crippen molar-refractivity contribution >= 4 is 11.7 Å². The zero-order valence-corrected chi connectivity index (χ0v) is 9.87. The summed E-state index contributed by atoms with van der Waals surface area (Å²) in [6.07, 6.45) is 0.968. The van der Waals surface area contributed by atoms with Gasteiger partial charge in [0.2, 0.25) is 0 Å². The minimum Gasteiger partial charge on any atom is -0.383 e. The normalized spacial score (nSPS) is 12.2. The lowest BCUT2D eigenvalue weighted by molar-refractivity contribution is 0.0872. The van der Waals surface area contributed by atoms with Gasteiger partial charge in [0, 0.05) is 12.6 Å². The van der Waals surface area contributed by atoms with Crippen molar-refractivity contribution in [2.45, 2.75) is 19.9 Å². The second-order valence-electron chi connectivity index (χ2n) is 3.62. The molecule has 1 rings (SSSR count). The Kier molecular flexibility index (Phi) is 4.84. The number of nitrogen functional groups attached to an aromatic ring is 1. The molecule has 0 bridgehead atoms. The number of amides is 1. The van der Waals surface area contributed by atoms with E-state index in [4.69, 9.17) is 10.5 Å². The van der Waals surface area contributed by atoms with E-state index in [1.165, 1.54) is 0 Å². The van der Waals surface area contributed by atoms with Gasteiger partial charge in [-0.3, -0.25) is 4.79 Å². The Hall–Kier alpha value is -1.69. The first-order valence-corrected chi connectivity index (χ1v) is 5.34. The molecule has 0 saturated heterocycles. The number of anilines is 1. The van der Waals surface area contributed by atoms with Gasteiger partial charge in [-0.05, 0) is 19.9 Å². The Labute approximate surface area is 99.2 Å². The van der Waals surface area contributed by atoms with Crippen molar-refractivity contribution in [2.75, 3.05) is 18.9 Å². The summed E-state index contributed by atoms with van der Waals surface area (Å²) in [4.78, 5) is 15.3. The summed E-state index contributed by atoms with van der Waals surface area (Å²) in [5.41, 5.74) is 5.53. The largest absolute Gasteiger partial charge is 0.383 e. The van der Waals surface area contributed by atoms with Crippen LogP contribution in [0.4, 0.5) is 10.2 Å². The van der Waals surface area contributed by atoms with Crippen LogP contribution in [0.15, 0.2) is 12.3 Å². The van der Waals surface area contributed by atoms with Gasteiger partial charge >= 0.3 is 0 Å². The van der Waals surface area contributed by atoms with Crippen LogP contribution in [0.3, 0.4) is 0 Å². The van der Waals surface area contributed by atoms with Gasteiger partial charge in [0.25, 0.3) is 5.91 Å². The molecule has 1 aromatic heterocycles. The lowest BCUT2D eigenvalue weighted by Crippen LogP contribution is -2.36. The fraction of sp³-hybridized carbons (Fsp3) is 0.455. The van der Waals surface area contributed by atoms with E-state index in [9.17, 15) is 9.18 Å². The third-order valence-corrected chi connectivity index (χ3v) is 2.08. The number of aromatic nitrogens is 1. The molecule has 0 aliphatic carbocycles. The maximum Gasteiger partial charge on any atom is 0.255 e. The van der Waals surface area contributed by atoms with E-state index in [0.29, 0.717) is 13.2 Å². The van der Waals surface area contributed by atoms with Crippen molar-refractivity contribution in [1.29, 1.82) is 0 Å². The number of nitrogens with two attached hydrogens (primary N) is 1. The van der Waals surface area contributed by atoms with Crippen LogP contribution in [-0.4, -0.2) is 30.1 Å². The van der Waals surface area contributed by atoms with Crippen LogP contribution in [0.2, 0.25) is 0 Å². The average Bonchev–Trinajstić information content (AvgIpc) is 2.29. The van der Waals surface area contributed by atoms with Gasteiger partial charge in [0.05, 0.1) is 18.4 Å². The first-order chi connectivity index (χ1) is 8.04. The summed E-state index contributed by atoms with van der Waals surface area (Å²) in [5.74, 6) is -1.05. The number of rotatable bonds is 5. The number of halogens is 1. The molecule has 0 fully saturated rings. The molecule has 0 aliphatic rings. The highest BCUT2D eigenvalue weighted by Gasteiger charge is 2.14. The third kappa shape index (κ3) is 3.99. The van der Waals surface area contributed by atoms with Crippen LogP contribution in [-0.2, 0) is 4.74 Å². The van der Waals surface area contributed by atoms with Crippen LogP contribution in [0, 0.1) is 5.82 Å². The van der Waals surface area contributed by atoms with Crippen molar-refractivity contribution in [3.8, 4) is 0 Å². The highest BCUT2D eigenvalue weighted by atomic mass is 19.1. The third-order valence-electron chi connectivity index (χ3n) is 2.08. The molecule has 1 heterocycles. The second-order valence-corrected chi connectivity index (χ2v) is 3.62. The number of nitrogens with zero attached hydrogens (tertiary/aromatic N) is 1. The smallest absolute Gasteiger partial charge is 0.255 e. The second kappa shape index (κ2) is 6.15. The predicted molar refractivity (Wildman–Crippen MR) is 62.0 cm³/mol. The summed E-state index contributed by atoms with van der Waals surface area (Å²) in [6.45, 7) is 4.62. The van der Waals surface area contributed by atoms with Gasteiger partial charge in [-0.15, -0.1) is 0 Å². The first kappa shape index (κ1) is 13.4. The molecule has 1 unspecified atom stereocenters. The fourth-order valence-corrected chi connectivity index (χ4v) is 1.27. The number of ether oxygens (including phenoxy) is 1. The van der Waals surface area contributed by atoms with E-state index < -0.39 is 11.7 Å². The van der Waals surface area contributed by atoms with Crippen molar-refractivity contribution in [3.05, 3.63) is 23.6 Å². The average molecular weight is 241 g/mol. The fourth-order valence-electron chi connectivity index (χ4n) is 1.27. The summed E-state index contributed by atoms with van der Waals surface area (Å²) in [6, 6.07) is 0.885. The highest BCUT2D eigenvalue weighted by molar-refractivity contribution is 5.98. The number of hydrogen-bond acceptors (Lipinski definition) is 4. The number of carbonyl (C=O) groups is 1. The molecule has 0 saturated carbocycles. The van der Waals surface area contributed by atoms with Crippen LogP contribution < -0.4 is 11.1 Å². The summed E-state index contributed by atoms with van der Waals surface area (Å²) in [7, 11) is 0. The number of nitrogens with one attached hydrogen (secondary N) is 1. The van der Waals surface area contributed by atoms with Crippen molar-refractivity contribution in [2.24, 2.45) is 0 Å². The maximum absolute atomic E-state index is 12.9. The van der Waals surface area contributed by atoms with E-state index in [1.807, 2.05) is 6.92 Å².